The average molecular weight is 360 g/mol. The van der Waals surface area contributed by atoms with Crippen LogP contribution in [-0.4, -0.2) is 25.1 Å². The summed E-state index contributed by atoms with van der Waals surface area (Å²) in [5.74, 6) is -0.0853. The van der Waals surface area contributed by atoms with Crippen LogP contribution in [0.25, 0.3) is 0 Å². The van der Waals surface area contributed by atoms with Gasteiger partial charge in [0.05, 0.1) is 19.0 Å². The number of carbonyl (C=O) groups is 2. The van der Waals surface area contributed by atoms with E-state index in [1.807, 2.05) is 6.07 Å². The SMILES string of the molecule is COc1ccccc1NC(=O)CCC(=O)NN=Cc1ccccc1Cl. The van der Waals surface area contributed by atoms with Gasteiger partial charge >= 0.3 is 0 Å². The Morgan fingerprint density at radius 1 is 1.08 bits per heavy atom. The lowest BCUT2D eigenvalue weighted by Crippen LogP contribution is -2.20. The fourth-order valence-corrected chi connectivity index (χ4v) is 2.18. The first kappa shape index (κ1) is 18.5. The molecule has 130 valence electrons. The van der Waals surface area contributed by atoms with Crippen molar-refractivity contribution in [3.05, 3.63) is 59.1 Å². The number of rotatable bonds is 7. The van der Waals surface area contributed by atoms with Crippen molar-refractivity contribution in [1.82, 2.24) is 5.43 Å². The Morgan fingerprint density at radius 2 is 1.76 bits per heavy atom. The van der Waals surface area contributed by atoms with E-state index in [0.29, 0.717) is 22.0 Å². The van der Waals surface area contributed by atoms with Gasteiger partial charge in [0.15, 0.2) is 0 Å². The highest BCUT2D eigenvalue weighted by atomic mass is 35.5. The van der Waals surface area contributed by atoms with E-state index in [2.05, 4.69) is 15.8 Å². The first-order valence-corrected chi connectivity index (χ1v) is 7.97. The fraction of sp³-hybridized carbons (Fsp3) is 0.167. The van der Waals surface area contributed by atoms with Crippen molar-refractivity contribution in [1.29, 1.82) is 0 Å². The number of benzene rings is 2. The third kappa shape index (κ3) is 5.93. The number of para-hydroxylation sites is 2. The molecule has 0 fully saturated rings. The average Bonchev–Trinajstić information content (AvgIpc) is 2.62. The first-order valence-electron chi connectivity index (χ1n) is 7.59. The Morgan fingerprint density at radius 3 is 2.52 bits per heavy atom. The van der Waals surface area contributed by atoms with Crippen LogP contribution in [0.3, 0.4) is 0 Å². The molecule has 25 heavy (non-hydrogen) atoms. The molecule has 0 aliphatic carbocycles. The van der Waals surface area contributed by atoms with Crippen molar-refractivity contribution in [2.75, 3.05) is 12.4 Å². The lowest BCUT2D eigenvalue weighted by Gasteiger charge is -2.09. The normalized spacial score (nSPS) is 10.5. The van der Waals surface area contributed by atoms with Crippen molar-refractivity contribution >= 4 is 35.3 Å². The standard InChI is InChI=1S/C18H18ClN3O3/c1-25-16-9-5-4-8-15(16)21-17(23)10-11-18(24)22-20-12-13-6-2-3-7-14(13)19/h2-9,12H,10-11H2,1H3,(H,21,23)(H,22,24). The summed E-state index contributed by atoms with van der Waals surface area (Å²) in [6.45, 7) is 0. The molecule has 0 aromatic heterocycles. The smallest absolute Gasteiger partial charge is 0.240 e. The van der Waals surface area contributed by atoms with Crippen LogP contribution in [0, 0.1) is 0 Å². The Bertz CT molecular complexity index is 778. The molecular formula is C18H18ClN3O3. The predicted octanol–water partition coefficient (Wildman–Crippen LogP) is 3.22. The van der Waals surface area contributed by atoms with Crippen LogP contribution in [0.5, 0.6) is 5.75 Å². The van der Waals surface area contributed by atoms with E-state index >= 15 is 0 Å². The summed E-state index contributed by atoms with van der Waals surface area (Å²) in [5.41, 5.74) is 3.62. The molecule has 2 N–H and O–H groups in total. The zero-order chi connectivity index (χ0) is 18.1. The van der Waals surface area contributed by atoms with Crippen molar-refractivity contribution < 1.29 is 14.3 Å². The molecule has 7 heteroatoms. The van der Waals surface area contributed by atoms with Gasteiger partial charge in [0.2, 0.25) is 11.8 Å². The number of nitrogens with one attached hydrogen (secondary N) is 2. The summed E-state index contributed by atoms with van der Waals surface area (Å²) in [7, 11) is 1.52. The van der Waals surface area contributed by atoms with Gasteiger partial charge in [-0.05, 0) is 18.2 Å². The molecule has 0 heterocycles. The molecule has 0 spiro atoms. The number of methoxy groups -OCH3 is 1. The van der Waals surface area contributed by atoms with Crippen LogP contribution >= 0.6 is 11.6 Å². The number of amides is 2. The van der Waals surface area contributed by atoms with E-state index in [4.69, 9.17) is 16.3 Å². The second kappa shape index (κ2) is 9.44. The summed E-state index contributed by atoms with van der Waals surface area (Å²) in [6, 6.07) is 14.2. The maximum Gasteiger partial charge on any atom is 0.240 e. The van der Waals surface area contributed by atoms with Crippen LogP contribution in [0.2, 0.25) is 5.02 Å². The number of hydrazone groups is 1. The molecule has 0 aliphatic rings. The topological polar surface area (TPSA) is 79.8 Å². The lowest BCUT2D eigenvalue weighted by molar-refractivity contribution is -0.124. The number of hydrogen-bond acceptors (Lipinski definition) is 4. The molecule has 0 saturated heterocycles. The van der Waals surface area contributed by atoms with Crippen molar-refractivity contribution in [3.8, 4) is 5.75 Å². The van der Waals surface area contributed by atoms with Crippen LogP contribution in [-0.2, 0) is 9.59 Å². The van der Waals surface area contributed by atoms with Crippen LogP contribution in [0.15, 0.2) is 53.6 Å². The molecule has 0 unspecified atom stereocenters. The van der Waals surface area contributed by atoms with E-state index in [1.54, 1.807) is 42.5 Å². The van der Waals surface area contributed by atoms with E-state index in [9.17, 15) is 9.59 Å². The molecule has 0 bridgehead atoms. The third-order valence-corrected chi connectivity index (χ3v) is 3.60. The Hall–Kier alpha value is -2.86. The summed E-state index contributed by atoms with van der Waals surface area (Å²) in [4.78, 5) is 23.7. The largest absolute Gasteiger partial charge is 0.495 e. The molecule has 0 radical (unpaired) electrons. The second-order valence-electron chi connectivity index (χ2n) is 5.06. The summed E-state index contributed by atoms with van der Waals surface area (Å²) >= 11 is 5.98. The zero-order valence-corrected chi connectivity index (χ0v) is 14.4. The van der Waals surface area contributed by atoms with Crippen LogP contribution in [0.4, 0.5) is 5.69 Å². The molecule has 0 atom stereocenters. The van der Waals surface area contributed by atoms with Crippen molar-refractivity contribution in [2.45, 2.75) is 12.8 Å². The van der Waals surface area contributed by atoms with E-state index in [-0.39, 0.29) is 24.7 Å². The highest BCUT2D eigenvalue weighted by molar-refractivity contribution is 6.33. The van der Waals surface area contributed by atoms with E-state index < -0.39 is 0 Å². The summed E-state index contributed by atoms with van der Waals surface area (Å²) < 4.78 is 5.15. The van der Waals surface area contributed by atoms with Crippen LogP contribution in [0.1, 0.15) is 18.4 Å². The molecule has 2 aromatic rings. The highest BCUT2D eigenvalue weighted by Crippen LogP contribution is 2.23. The highest BCUT2D eigenvalue weighted by Gasteiger charge is 2.09. The fourth-order valence-electron chi connectivity index (χ4n) is 2.00. The minimum atomic E-state index is -0.363. The Labute approximate surface area is 150 Å². The number of ether oxygens (including phenoxy) is 1. The maximum absolute atomic E-state index is 11.9. The number of anilines is 1. The van der Waals surface area contributed by atoms with Gasteiger partial charge in [0.1, 0.15) is 5.75 Å². The summed E-state index contributed by atoms with van der Waals surface area (Å²) in [6.07, 6.45) is 1.50. The van der Waals surface area contributed by atoms with E-state index in [1.165, 1.54) is 13.3 Å². The number of halogens is 1. The summed E-state index contributed by atoms with van der Waals surface area (Å²) in [5, 5.41) is 7.08. The second-order valence-corrected chi connectivity index (χ2v) is 5.47. The van der Waals surface area contributed by atoms with E-state index in [0.717, 1.165) is 0 Å². The molecular weight excluding hydrogens is 342 g/mol. The number of hydrogen-bond donors (Lipinski definition) is 2. The van der Waals surface area contributed by atoms with Gasteiger partial charge in [0, 0.05) is 23.4 Å². The minimum absolute atomic E-state index is 0.0147. The molecule has 0 saturated carbocycles. The number of carbonyl (C=O) groups excluding carboxylic acids is 2. The minimum Gasteiger partial charge on any atom is -0.495 e. The molecule has 0 aliphatic heterocycles. The van der Waals surface area contributed by atoms with Gasteiger partial charge in [-0.2, -0.15) is 5.10 Å². The van der Waals surface area contributed by atoms with Gasteiger partial charge in [-0.15, -0.1) is 0 Å². The van der Waals surface area contributed by atoms with Gasteiger partial charge in [-0.25, -0.2) is 5.43 Å². The molecule has 2 rings (SSSR count). The maximum atomic E-state index is 11.9. The molecule has 2 amide bonds. The lowest BCUT2D eigenvalue weighted by atomic mass is 10.2. The van der Waals surface area contributed by atoms with Crippen molar-refractivity contribution in [3.63, 3.8) is 0 Å². The number of nitrogens with zero attached hydrogens (tertiary/aromatic N) is 1. The molecule has 6 nitrogen and oxygen atoms in total. The first-order chi connectivity index (χ1) is 12.1. The Kier molecular flexibility index (Phi) is 6.98. The molecule has 2 aromatic carbocycles. The van der Waals surface area contributed by atoms with Crippen LogP contribution < -0.4 is 15.5 Å². The van der Waals surface area contributed by atoms with Gasteiger partial charge in [0.25, 0.3) is 0 Å². The van der Waals surface area contributed by atoms with Gasteiger partial charge in [-0.3, -0.25) is 9.59 Å². The third-order valence-electron chi connectivity index (χ3n) is 3.26. The zero-order valence-electron chi connectivity index (χ0n) is 13.7. The quantitative estimate of drug-likeness (QED) is 0.588. The predicted molar refractivity (Wildman–Crippen MR) is 98.0 cm³/mol. The van der Waals surface area contributed by atoms with Crippen molar-refractivity contribution in [2.24, 2.45) is 5.10 Å². The van der Waals surface area contributed by atoms with Gasteiger partial charge < -0.3 is 10.1 Å². The Balaban J connectivity index is 1.78. The monoisotopic (exact) mass is 359 g/mol. The van der Waals surface area contributed by atoms with Gasteiger partial charge in [-0.1, -0.05) is 41.9 Å².